The first-order valence-electron chi connectivity index (χ1n) is 4.93. The Labute approximate surface area is 95.2 Å². The first-order valence-corrected chi connectivity index (χ1v) is 4.93. The Morgan fingerprint density at radius 2 is 2.19 bits per heavy atom. The first-order chi connectivity index (χ1) is 7.59. The number of hydrogen-bond acceptors (Lipinski definition) is 2. The Morgan fingerprint density at radius 3 is 2.81 bits per heavy atom. The summed E-state index contributed by atoms with van der Waals surface area (Å²) in [6.07, 6.45) is 2.94. The second-order valence-electron chi connectivity index (χ2n) is 3.52. The van der Waals surface area contributed by atoms with E-state index in [-0.39, 0.29) is 0 Å². The molecular weight excluding hydrogens is 202 g/mol. The maximum atomic E-state index is 10.6. The highest BCUT2D eigenvalue weighted by atomic mass is 16.5. The van der Waals surface area contributed by atoms with Crippen molar-refractivity contribution in [3.05, 3.63) is 48.1 Å². The van der Waals surface area contributed by atoms with Crippen molar-refractivity contribution in [3.63, 3.8) is 0 Å². The second kappa shape index (κ2) is 5.75. The van der Waals surface area contributed by atoms with E-state index in [4.69, 9.17) is 10.5 Å². The number of amides is 1. The average Bonchev–Trinajstić information content (AvgIpc) is 2.24. The maximum absolute atomic E-state index is 10.6. The zero-order chi connectivity index (χ0) is 12.0. The van der Waals surface area contributed by atoms with Gasteiger partial charge in [0.15, 0.2) is 0 Å². The molecule has 0 spiro atoms. The lowest BCUT2D eigenvalue weighted by molar-refractivity contribution is -0.113. The van der Waals surface area contributed by atoms with Crippen LogP contribution >= 0.6 is 0 Å². The number of nitrogens with two attached hydrogens (primary N) is 1. The third-order valence-electron chi connectivity index (χ3n) is 1.82. The van der Waals surface area contributed by atoms with Crippen LogP contribution < -0.4 is 10.5 Å². The average molecular weight is 217 g/mol. The predicted molar refractivity (Wildman–Crippen MR) is 65.0 cm³/mol. The smallest absolute Gasteiger partial charge is 0.241 e. The van der Waals surface area contributed by atoms with E-state index in [1.807, 2.05) is 31.2 Å². The van der Waals surface area contributed by atoms with Crippen LogP contribution in [0.2, 0.25) is 0 Å². The number of primary amides is 1. The highest BCUT2D eigenvalue weighted by Crippen LogP contribution is 2.19. The van der Waals surface area contributed by atoms with Gasteiger partial charge in [0.05, 0.1) is 0 Å². The molecule has 1 aromatic rings. The molecule has 0 fully saturated rings. The van der Waals surface area contributed by atoms with Crippen LogP contribution in [0.15, 0.2) is 42.5 Å². The Balaban J connectivity index is 2.83. The molecule has 1 amide bonds. The molecule has 1 aromatic carbocycles. The fourth-order valence-electron chi connectivity index (χ4n) is 1.12. The number of carbonyl (C=O) groups is 1. The van der Waals surface area contributed by atoms with Crippen molar-refractivity contribution in [3.8, 4) is 5.75 Å². The number of carbonyl (C=O) groups excluding carboxylic acids is 1. The highest BCUT2D eigenvalue weighted by Gasteiger charge is 1.99. The maximum Gasteiger partial charge on any atom is 0.241 e. The SMILES string of the molecule is C=C(C)COc1ccccc1/C=C\C(N)=O. The molecule has 0 heterocycles. The molecule has 0 bridgehead atoms. The van der Waals surface area contributed by atoms with E-state index in [2.05, 4.69) is 6.58 Å². The van der Waals surface area contributed by atoms with Crippen LogP contribution in [0.3, 0.4) is 0 Å². The number of para-hydroxylation sites is 1. The van der Waals surface area contributed by atoms with E-state index in [1.165, 1.54) is 6.08 Å². The van der Waals surface area contributed by atoms with Crippen LogP contribution in [0.25, 0.3) is 6.08 Å². The molecule has 16 heavy (non-hydrogen) atoms. The van der Waals surface area contributed by atoms with E-state index < -0.39 is 5.91 Å². The van der Waals surface area contributed by atoms with Crippen LogP contribution in [0.4, 0.5) is 0 Å². The van der Waals surface area contributed by atoms with Gasteiger partial charge in [-0.3, -0.25) is 4.79 Å². The Kier molecular flexibility index (Phi) is 4.33. The van der Waals surface area contributed by atoms with Crippen LogP contribution in [0, 0.1) is 0 Å². The highest BCUT2D eigenvalue weighted by molar-refractivity contribution is 5.90. The van der Waals surface area contributed by atoms with Gasteiger partial charge in [-0.25, -0.2) is 0 Å². The molecule has 3 heteroatoms. The lowest BCUT2D eigenvalue weighted by atomic mass is 10.2. The van der Waals surface area contributed by atoms with Gasteiger partial charge in [-0.15, -0.1) is 0 Å². The molecule has 0 atom stereocenters. The summed E-state index contributed by atoms with van der Waals surface area (Å²) in [7, 11) is 0. The van der Waals surface area contributed by atoms with Gasteiger partial charge < -0.3 is 10.5 Å². The molecule has 84 valence electrons. The summed E-state index contributed by atoms with van der Waals surface area (Å²) in [6.45, 7) is 6.11. The summed E-state index contributed by atoms with van der Waals surface area (Å²) in [5.41, 5.74) is 6.79. The van der Waals surface area contributed by atoms with Crippen LogP contribution in [0.1, 0.15) is 12.5 Å². The summed E-state index contributed by atoms with van der Waals surface area (Å²) in [6, 6.07) is 7.43. The monoisotopic (exact) mass is 217 g/mol. The Hall–Kier alpha value is -2.03. The topological polar surface area (TPSA) is 52.3 Å². The second-order valence-corrected chi connectivity index (χ2v) is 3.52. The van der Waals surface area contributed by atoms with E-state index in [9.17, 15) is 4.79 Å². The van der Waals surface area contributed by atoms with Crippen LogP contribution in [-0.2, 0) is 4.79 Å². The van der Waals surface area contributed by atoms with Gasteiger partial charge in [0, 0.05) is 11.6 Å². The van der Waals surface area contributed by atoms with E-state index in [0.29, 0.717) is 12.4 Å². The van der Waals surface area contributed by atoms with Crippen molar-refractivity contribution in [1.29, 1.82) is 0 Å². The van der Waals surface area contributed by atoms with Gasteiger partial charge in [-0.05, 0) is 24.6 Å². The van der Waals surface area contributed by atoms with Gasteiger partial charge in [0.1, 0.15) is 12.4 Å². The first kappa shape index (κ1) is 12.0. The van der Waals surface area contributed by atoms with Crippen molar-refractivity contribution >= 4 is 12.0 Å². The summed E-state index contributed by atoms with van der Waals surface area (Å²) in [5.74, 6) is 0.234. The van der Waals surface area contributed by atoms with Crippen molar-refractivity contribution in [1.82, 2.24) is 0 Å². The summed E-state index contributed by atoms with van der Waals surface area (Å²) in [4.78, 5) is 10.6. The molecule has 0 saturated carbocycles. The molecule has 0 aliphatic heterocycles. The largest absolute Gasteiger partial charge is 0.489 e. The minimum absolute atomic E-state index is 0.460. The van der Waals surface area contributed by atoms with Crippen LogP contribution in [0.5, 0.6) is 5.75 Å². The van der Waals surface area contributed by atoms with Crippen molar-refractivity contribution in [2.45, 2.75) is 6.92 Å². The van der Waals surface area contributed by atoms with Gasteiger partial charge in [0.2, 0.25) is 5.91 Å². The normalized spacial score (nSPS) is 10.3. The molecule has 2 N–H and O–H groups in total. The molecule has 0 radical (unpaired) electrons. The van der Waals surface area contributed by atoms with E-state index in [0.717, 1.165) is 11.1 Å². The lowest BCUT2D eigenvalue weighted by Crippen LogP contribution is -2.05. The number of ether oxygens (including phenoxy) is 1. The summed E-state index contributed by atoms with van der Waals surface area (Å²) < 4.78 is 5.53. The van der Waals surface area contributed by atoms with Crippen molar-refractivity contribution < 1.29 is 9.53 Å². The number of hydrogen-bond donors (Lipinski definition) is 1. The molecule has 0 saturated heterocycles. The van der Waals surface area contributed by atoms with Gasteiger partial charge in [0.25, 0.3) is 0 Å². The molecule has 1 rings (SSSR count). The quantitative estimate of drug-likeness (QED) is 0.606. The van der Waals surface area contributed by atoms with E-state index >= 15 is 0 Å². The third-order valence-corrected chi connectivity index (χ3v) is 1.82. The molecule has 0 unspecified atom stereocenters. The summed E-state index contributed by atoms with van der Waals surface area (Å²) >= 11 is 0. The molecular formula is C13H15NO2. The summed E-state index contributed by atoms with van der Waals surface area (Å²) in [5, 5.41) is 0. The molecule has 0 aromatic heterocycles. The third kappa shape index (κ3) is 4.00. The predicted octanol–water partition coefficient (Wildman–Crippen LogP) is 2.14. The zero-order valence-electron chi connectivity index (χ0n) is 9.27. The van der Waals surface area contributed by atoms with Gasteiger partial charge >= 0.3 is 0 Å². The van der Waals surface area contributed by atoms with Crippen LogP contribution in [-0.4, -0.2) is 12.5 Å². The van der Waals surface area contributed by atoms with Gasteiger partial charge in [-0.1, -0.05) is 24.8 Å². The Morgan fingerprint density at radius 1 is 1.50 bits per heavy atom. The minimum atomic E-state index is -0.477. The minimum Gasteiger partial charge on any atom is -0.489 e. The van der Waals surface area contributed by atoms with Gasteiger partial charge in [-0.2, -0.15) is 0 Å². The number of benzene rings is 1. The fourth-order valence-corrected chi connectivity index (χ4v) is 1.12. The lowest BCUT2D eigenvalue weighted by Gasteiger charge is -2.08. The van der Waals surface area contributed by atoms with Crippen molar-refractivity contribution in [2.75, 3.05) is 6.61 Å². The van der Waals surface area contributed by atoms with E-state index in [1.54, 1.807) is 6.08 Å². The number of rotatable bonds is 5. The Bertz CT molecular complexity index is 422. The fraction of sp³-hybridized carbons (Fsp3) is 0.154. The van der Waals surface area contributed by atoms with Crippen molar-refractivity contribution in [2.24, 2.45) is 5.73 Å². The molecule has 0 aliphatic rings. The molecule has 0 aliphatic carbocycles. The zero-order valence-corrected chi connectivity index (χ0v) is 9.27. The molecule has 3 nitrogen and oxygen atoms in total. The standard InChI is InChI=1S/C13H15NO2/c1-10(2)9-16-12-6-4-3-5-11(12)7-8-13(14)15/h3-8H,1,9H2,2H3,(H2,14,15)/b8-7-.